The Morgan fingerprint density at radius 1 is 0.871 bits per heavy atom. The van der Waals surface area contributed by atoms with Crippen LogP contribution in [0.3, 0.4) is 0 Å². The van der Waals surface area contributed by atoms with Crippen LogP contribution in [0.25, 0.3) is 0 Å². The van der Waals surface area contributed by atoms with E-state index >= 15 is 0 Å². The maximum Gasteiger partial charge on any atom is 0.232 e. The molecule has 3 fully saturated rings. The van der Waals surface area contributed by atoms with Crippen molar-refractivity contribution in [2.24, 2.45) is 0 Å². The number of rotatable bonds is 5. The summed E-state index contributed by atoms with van der Waals surface area (Å²) in [6, 6.07) is 13.2. The third kappa shape index (κ3) is 5.16. The van der Waals surface area contributed by atoms with E-state index in [9.17, 15) is 0 Å². The molecular formula is C22H29N7OS. The maximum atomic E-state index is 5.52. The van der Waals surface area contributed by atoms with Gasteiger partial charge in [0.2, 0.25) is 5.95 Å². The highest BCUT2D eigenvalue weighted by Crippen LogP contribution is 2.25. The number of morpholine rings is 1. The average molecular weight is 440 g/mol. The van der Waals surface area contributed by atoms with Crippen LogP contribution in [0.2, 0.25) is 0 Å². The van der Waals surface area contributed by atoms with Gasteiger partial charge in [-0.25, -0.2) is 0 Å². The zero-order valence-electron chi connectivity index (χ0n) is 17.7. The van der Waals surface area contributed by atoms with E-state index in [1.165, 1.54) is 18.5 Å². The molecule has 3 aliphatic rings. The highest BCUT2D eigenvalue weighted by molar-refractivity contribution is 7.80. The molecule has 2 aliphatic heterocycles. The molecule has 0 atom stereocenters. The summed E-state index contributed by atoms with van der Waals surface area (Å²) in [6.07, 6.45) is 2.35. The van der Waals surface area contributed by atoms with Gasteiger partial charge in [0, 0.05) is 57.1 Å². The number of nitrogens with one attached hydrogen (secondary N) is 2. The fraction of sp³-hybridized carbons (Fsp3) is 0.500. The van der Waals surface area contributed by atoms with Crippen LogP contribution >= 0.6 is 12.2 Å². The molecule has 1 aliphatic carbocycles. The lowest BCUT2D eigenvalue weighted by atomic mass is 10.2. The first-order valence-corrected chi connectivity index (χ1v) is 11.5. The van der Waals surface area contributed by atoms with Crippen LogP contribution < -0.4 is 25.3 Å². The minimum absolute atomic E-state index is 0.493. The lowest BCUT2D eigenvalue weighted by molar-refractivity contribution is 0.122. The van der Waals surface area contributed by atoms with Crippen molar-refractivity contribution in [3.8, 4) is 0 Å². The summed E-state index contributed by atoms with van der Waals surface area (Å²) in [5.41, 5.74) is 1.28. The number of piperazine rings is 1. The molecule has 164 valence electrons. The van der Waals surface area contributed by atoms with Gasteiger partial charge < -0.3 is 30.1 Å². The van der Waals surface area contributed by atoms with Gasteiger partial charge in [-0.1, -0.05) is 18.2 Å². The number of nitrogens with zero attached hydrogens (tertiary/aromatic N) is 5. The average Bonchev–Trinajstić information content (AvgIpc) is 3.64. The predicted molar refractivity (Wildman–Crippen MR) is 128 cm³/mol. The molecule has 3 heterocycles. The first-order valence-electron chi connectivity index (χ1n) is 11.1. The van der Waals surface area contributed by atoms with Crippen molar-refractivity contribution in [2.45, 2.75) is 18.9 Å². The maximum absolute atomic E-state index is 5.52. The van der Waals surface area contributed by atoms with E-state index in [1.807, 2.05) is 0 Å². The molecule has 2 saturated heterocycles. The lowest BCUT2D eigenvalue weighted by Crippen LogP contribution is -2.47. The monoisotopic (exact) mass is 439 g/mol. The second-order valence-electron chi connectivity index (χ2n) is 8.19. The second-order valence-corrected chi connectivity index (χ2v) is 8.60. The fourth-order valence-corrected chi connectivity index (χ4v) is 4.24. The molecule has 1 aromatic heterocycles. The summed E-state index contributed by atoms with van der Waals surface area (Å²) in [4.78, 5) is 16.6. The van der Waals surface area contributed by atoms with Crippen molar-refractivity contribution in [3.05, 3.63) is 36.4 Å². The summed E-state index contributed by atoms with van der Waals surface area (Å²) in [6.45, 7) is 6.87. The lowest BCUT2D eigenvalue weighted by Gasteiger charge is -2.37. The Morgan fingerprint density at radius 2 is 1.48 bits per heavy atom. The predicted octanol–water partition coefficient (Wildman–Crippen LogP) is 2.09. The van der Waals surface area contributed by atoms with Crippen molar-refractivity contribution in [2.75, 3.05) is 72.5 Å². The van der Waals surface area contributed by atoms with Crippen molar-refractivity contribution in [1.29, 1.82) is 0 Å². The molecule has 0 bridgehead atoms. The Balaban J connectivity index is 1.32. The number of ether oxygens (including phenoxy) is 1. The summed E-state index contributed by atoms with van der Waals surface area (Å²) >= 11 is 5.47. The van der Waals surface area contributed by atoms with E-state index in [2.05, 4.69) is 61.7 Å². The van der Waals surface area contributed by atoms with Crippen LogP contribution in [-0.4, -0.2) is 73.6 Å². The zero-order valence-corrected chi connectivity index (χ0v) is 18.5. The zero-order chi connectivity index (χ0) is 21.0. The van der Waals surface area contributed by atoms with Crippen molar-refractivity contribution >= 4 is 40.6 Å². The highest BCUT2D eigenvalue weighted by Gasteiger charge is 2.24. The Labute approximate surface area is 188 Å². The smallest absolute Gasteiger partial charge is 0.232 e. The first-order chi connectivity index (χ1) is 15.2. The van der Waals surface area contributed by atoms with Crippen molar-refractivity contribution in [1.82, 2.24) is 15.3 Å². The van der Waals surface area contributed by atoms with Gasteiger partial charge in [-0.2, -0.15) is 9.97 Å². The van der Waals surface area contributed by atoms with Gasteiger partial charge in [0.15, 0.2) is 5.11 Å². The Morgan fingerprint density at radius 3 is 2.13 bits per heavy atom. The van der Waals surface area contributed by atoms with Crippen LogP contribution in [0.4, 0.5) is 23.3 Å². The number of para-hydroxylation sites is 1. The highest BCUT2D eigenvalue weighted by atomic mass is 32.1. The second kappa shape index (κ2) is 9.23. The minimum atomic E-state index is 0.493. The molecule has 0 spiro atoms. The Kier molecular flexibility index (Phi) is 6.04. The number of hydrogen-bond acceptors (Lipinski definition) is 7. The van der Waals surface area contributed by atoms with Gasteiger partial charge in [0.25, 0.3) is 0 Å². The largest absolute Gasteiger partial charge is 0.378 e. The summed E-state index contributed by atoms with van der Waals surface area (Å²) in [5.74, 6) is 2.43. The number of thiocarbonyl (C=S) groups is 1. The van der Waals surface area contributed by atoms with Crippen LogP contribution in [0.1, 0.15) is 12.8 Å². The van der Waals surface area contributed by atoms with Gasteiger partial charge in [-0.15, -0.1) is 0 Å². The Hall–Kier alpha value is -2.65. The van der Waals surface area contributed by atoms with Crippen molar-refractivity contribution in [3.63, 3.8) is 0 Å². The number of anilines is 4. The number of benzene rings is 1. The molecule has 8 nitrogen and oxygen atoms in total. The van der Waals surface area contributed by atoms with Gasteiger partial charge in [-0.3, -0.25) is 0 Å². The molecule has 0 radical (unpaired) electrons. The van der Waals surface area contributed by atoms with Gasteiger partial charge in [0.1, 0.15) is 11.6 Å². The normalized spacial score (nSPS) is 19.3. The minimum Gasteiger partial charge on any atom is -0.378 e. The molecule has 2 N–H and O–H groups in total. The summed E-state index contributed by atoms with van der Waals surface area (Å²) in [5, 5.41) is 7.12. The van der Waals surface area contributed by atoms with Gasteiger partial charge in [0.05, 0.1) is 13.2 Å². The molecule has 0 unspecified atom stereocenters. The SMILES string of the molecule is S=C(Nc1nc(N2CCOCC2)cc(N2CCN(c3ccccc3)CC2)n1)NC1CC1. The molecule has 1 saturated carbocycles. The van der Waals surface area contributed by atoms with Crippen LogP contribution in [0.5, 0.6) is 0 Å². The number of hydrogen-bond donors (Lipinski definition) is 2. The molecule has 5 rings (SSSR count). The summed E-state index contributed by atoms with van der Waals surface area (Å²) in [7, 11) is 0. The molecule has 2 aromatic rings. The molecular weight excluding hydrogens is 410 g/mol. The molecule has 1 aromatic carbocycles. The topological polar surface area (TPSA) is 68.8 Å². The van der Waals surface area contributed by atoms with Gasteiger partial charge in [-0.05, 0) is 37.2 Å². The standard InChI is InChI=1S/C22H29N7OS/c31-22(23-17-6-7-17)26-21-24-19(16-20(25-21)29-12-14-30-15-13-29)28-10-8-27(9-11-28)18-4-2-1-3-5-18/h1-5,16-17H,6-15H2,(H2,23,24,25,26,31). The quantitative estimate of drug-likeness (QED) is 0.682. The van der Waals surface area contributed by atoms with Crippen LogP contribution in [0.15, 0.2) is 36.4 Å². The van der Waals surface area contributed by atoms with E-state index in [0.717, 1.165) is 64.1 Å². The third-order valence-electron chi connectivity index (χ3n) is 5.90. The van der Waals surface area contributed by atoms with Crippen molar-refractivity contribution < 1.29 is 4.74 Å². The van der Waals surface area contributed by atoms with E-state index in [0.29, 0.717) is 17.1 Å². The first kappa shape index (κ1) is 20.3. The molecule has 0 amide bonds. The fourth-order valence-electron chi connectivity index (χ4n) is 3.98. The van der Waals surface area contributed by atoms with E-state index in [4.69, 9.17) is 26.9 Å². The van der Waals surface area contributed by atoms with Gasteiger partial charge >= 0.3 is 0 Å². The summed E-state index contributed by atoms with van der Waals surface area (Å²) < 4.78 is 5.52. The van der Waals surface area contributed by atoms with Crippen LogP contribution in [-0.2, 0) is 4.74 Å². The molecule has 31 heavy (non-hydrogen) atoms. The molecule has 9 heteroatoms. The van der Waals surface area contributed by atoms with Crippen LogP contribution in [0, 0.1) is 0 Å². The van der Waals surface area contributed by atoms with E-state index < -0.39 is 0 Å². The number of aromatic nitrogens is 2. The Bertz CT molecular complexity index is 894. The van der Waals surface area contributed by atoms with E-state index in [1.54, 1.807) is 0 Å². The third-order valence-corrected chi connectivity index (χ3v) is 6.12. The van der Waals surface area contributed by atoms with E-state index in [-0.39, 0.29) is 0 Å².